The van der Waals surface area contributed by atoms with E-state index in [0.717, 1.165) is 0 Å². The lowest BCUT2D eigenvalue weighted by molar-refractivity contribution is 0.324. The molecule has 0 amide bonds. The maximum atomic E-state index is 2.54. The molecule has 0 saturated carbocycles. The zero-order chi connectivity index (χ0) is 6.53. The molecule has 54 valence electrons. The van der Waals surface area contributed by atoms with Gasteiger partial charge in [-0.15, -0.1) is 0 Å². The standard InChI is InChI=1S/C6H12INS/c7-1-2-8-3-5-9-6-4-8/h1-6H2. The topological polar surface area (TPSA) is 3.24 Å². The van der Waals surface area contributed by atoms with Crippen molar-refractivity contribution in [3.05, 3.63) is 0 Å². The van der Waals surface area contributed by atoms with Gasteiger partial charge in [0.2, 0.25) is 0 Å². The van der Waals surface area contributed by atoms with Crippen molar-refractivity contribution in [2.24, 2.45) is 0 Å². The molecule has 0 aliphatic carbocycles. The van der Waals surface area contributed by atoms with E-state index in [1.807, 2.05) is 0 Å². The highest BCUT2D eigenvalue weighted by atomic mass is 127. The molecule has 0 bridgehead atoms. The Balaban J connectivity index is 2.08. The summed E-state index contributed by atoms with van der Waals surface area (Å²) in [6, 6.07) is 0. The summed E-state index contributed by atoms with van der Waals surface area (Å²) >= 11 is 4.52. The van der Waals surface area contributed by atoms with Crippen LogP contribution in [0.5, 0.6) is 0 Å². The van der Waals surface area contributed by atoms with Crippen LogP contribution in [0, 0.1) is 0 Å². The van der Waals surface area contributed by atoms with E-state index in [2.05, 4.69) is 39.3 Å². The Labute approximate surface area is 74.7 Å². The van der Waals surface area contributed by atoms with Crippen LogP contribution in [0.1, 0.15) is 0 Å². The Kier molecular flexibility index (Phi) is 4.34. The first-order chi connectivity index (χ1) is 4.43. The maximum absolute atomic E-state index is 2.54. The smallest absolute Gasteiger partial charge is 0.0123 e. The molecule has 3 heteroatoms. The molecule has 1 aliphatic heterocycles. The van der Waals surface area contributed by atoms with Gasteiger partial charge in [-0.25, -0.2) is 0 Å². The summed E-state index contributed by atoms with van der Waals surface area (Å²) in [5.74, 6) is 2.69. The van der Waals surface area contributed by atoms with Gasteiger partial charge in [0, 0.05) is 35.6 Å². The molecule has 1 heterocycles. The van der Waals surface area contributed by atoms with Gasteiger partial charge >= 0.3 is 0 Å². The number of halogens is 1. The lowest BCUT2D eigenvalue weighted by Crippen LogP contribution is -2.33. The summed E-state index contributed by atoms with van der Waals surface area (Å²) in [4.78, 5) is 2.54. The van der Waals surface area contributed by atoms with Crippen LogP contribution >= 0.6 is 34.4 Å². The normalized spacial score (nSPS) is 22.3. The Morgan fingerprint density at radius 1 is 1.33 bits per heavy atom. The van der Waals surface area contributed by atoms with Gasteiger partial charge in [0.15, 0.2) is 0 Å². The van der Waals surface area contributed by atoms with Crippen LogP contribution in [0.4, 0.5) is 0 Å². The van der Waals surface area contributed by atoms with Crippen LogP contribution < -0.4 is 0 Å². The van der Waals surface area contributed by atoms with Gasteiger partial charge in [0.05, 0.1) is 0 Å². The van der Waals surface area contributed by atoms with E-state index in [-0.39, 0.29) is 0 Å². The minimum Gasteiger partial charge on any atom is -0.301 e. The van der Waals surface area contributed by atoms with Crippen LogP contribution in [-0.2, 0) is 0 Å². The third-order valence-electron chi connectivity index (χ3n) is 1.50. The van der Waals surface area contributed by atoms with E-state index >= 15 is 0 Å². The van der Waals surface area contributed by atoms with Crippen molar-refractivity contribution in [1.82, 2.24) is 4.90 Å². The molecule has 1 rings (SSSR count). The molecule has 0 N–H and O–H groups in total. The second kappa shape index (κ2) is 4.79. The van der Waals surface area contributed by atoms with Gasteiger partial charge in [0.25, 0.3) is 0 Å². The second-order valence-corrected chi connectivity index (χ2v) is 4.45. The molecule has 0 unspecified atom stereocenters. The Bertz CT molecular complexity index is 70.7. The number of alkyl halides is 1. The molecule has 0 atom stereocenters. The number of hydrogen-bond acceptors (Lipinski definition) is 2. The maximum Gasteiger partial charge on any atom is 0.0123 e. The van der Waals surface area contributed by atoms with Crippen molar-refractivity contribution in [3.8, 4) is 0 Å². The molecule has 0 spiro atoms. The zero-order valence-electron chi connectivity index (χ0n) is 5.48. The van der Waals surface area contributed by atoms with Crippen molar-refractivity contribution in [1.29, 1.82) is 0 Å². The van der Waals surface area contributed by atoms with Crippen LogP contribution in [-0.4, -0.2) is 40.5 Å². The van der Waals surface area contributed by atoms with E-state index in [0.29, 0.717) is 0 Å². The lowest BCUT2D eigenvalue weighted by atomic mass is 10.5. The van der Waals surface area contributed by atoms with E-state index in [9.17, 15) is 0 Å². The van der Waals surface area contributed by atoms with Crippen LogP contribution in [0.25, 0.3) is 0 Å². The minimum atomic E-state index is 1.28. The average Bonchev–Trinajstić information content (AvgIpc) is 1.91. The predicted molar refractivity (Wildman–Crippen MR) is 52.7 cm³/mol. The number of thioether (sulfide) groups is 1. The lowest BCUT2D eigenvalue weighted by Gasteiger charge is -2.24. The van der Waals surface area contributed by atoms with Crippen molar-refractivity contribution >= 4 is 34.4 Å². The van der Waals surface area contributed by atoms with Gasteiger partial charge in [-0.2, -0.15) is 11.8 Å². The van der Waals surface area contributed by atoms with Gasteiger partial charge in [-0.3, -0.25) is 0 Å². The highest BCUT2D eigenvalue weighted by Gasteiger charge is 2.07. The fourth-order valence-corrected chi connectivity index (χ4v) is 2.61. The van der Waals surface area contributed by atoms with E-state index in [1.165, 1.54) is 35.6 Å². The highest BCUT2D eigenvalue weighted by Crippen LogP contribution is 2.08. The van der Waals surface area contributed by atoms with Crippen molar-refractivity contribution in [2.45, 2.75) is 0 Å². The molecule has 1 fully saturated rings. The predicted octanol–water partition coefficient (Wildman–Crippen LogP) is 1.47. The molecule has 1 saturated heterocycles. The van der Waals surface area contributed by atoms with Gasteiger partial charge in [0.1, 0.15) is 0 Å². The van der Waals surface area contributed by atoms with Crippen LogP contribution in [0.2, 0.25) is 0 Å². The molecule has 0 aromatic rings. The largest absolute Gasteiger partial charge is 0.301 e. The highest BCUT2D eigenvalue weighted by molar-refractivity contribution is 14.1. The summed E-state index contributed by atoms with van der Waals surface area (Å²) in [6.45, 7) is 3.92. The number of nitrogens with zero attached hydrogens (tertiary/aromatic N) is 1. The molecular formula is C6H12INS. The molecule has 0 aromatic carbocycles. The van der Waals surface area contributed by atoms with E-state index in [4.69, 9.17) is 0 Å². The summed E-state index contributed by atoms with van der Waals surface area (Å²) < 4.78 is 1.28. The third kappa shape index (κ3) is 3.09. The summed E-state index contributed by atoms with van der Waals surface area (Å²) in [7, 11) is 0. The summed E-state index contributed by atoms with van der Waals surface area (Å²) in [5.41, 5.74) is 0. The van der Waals surface area contributed by atoms with E-state index in [1.54, 1.807) is 0 Å². The zero-order valence-corrected chi connectivity index (χ0v) is 8.45. The first-order valence-electron chi connectivity index (χ1n) is 3.29. The fraction of sp³-hybridized carbons (Fsp3) is 1.00. The molecule has 1 nitrogen and oxygen atoms in total. The SMILES string of the molecule is ICCN1CCSCC1. The first kappa shape index (κ1) is 8.14. The van der Waals surface area contributed by atoms with Crippen molar-refractivity contribution < 1.29 is 0 Å². The second-order valence-electron chi connectivity index (χ2n) is 2.14. The van der Waals surface area contributed by atoms with Crippen LogP contribution in [0.3, 0.4) is 0 Å². The molecule has 9 heavy (non-hydrogen) atoms. The monoisotopic (exact) mass is 257 g/mol. The van der Waals surface area contributed by atoms with Crippen LogP contribution in [0.15, 0.2) is 0 Å². The van der Waals surface area contributed by atoms with Crippen molar-refractivity contribution in [3.63, 3.8) is 0 Å². The van der Waals surface area contributed by atoms with Gasteiger partial charge in [-0.1, -0.05) is 22.6 Å². The minimum absolute atomic E-state index is 1.28. The van der Waals surface area contributed by atoms with Crippen molar-refractivity contribution in [2.75, 3.05) is 35.6 Å². The molecule has 0 aromatic heterocycles. The molecule has 0 radical (unpaired) electrons. The fourth-order valence-electron chi connectivity index (χ4n) is 0.944. The number of rotatable bonds is 2. The van der Waals surface area contributed by atoms with Gasteiger partial charge in [-0.05, 0) is 0 Å². The Morgan fingerprint density at radius 2 is 2.00 bits per heavy atom. The first-order valence-corrected chi connectivity index (χ1v) is 5.97. The average molecular weight is 257 g/mol. The van der Waals surface area contributed by atoms with E-state index < -0.39 is 0 Å². The molecule has 1 aliphatic rings. The summed E-state index contributed by atoms with van der Waals surface area (Å²) in [6.07, 6.45) is 0. The third-order valence-corrected chi connectivity index (χ3v) is 2.93. The number of hydrogen-bond donors (Lipinski definition) is 0. The summed E-state index contributed by atoms with van der Waals surface area (Å²) in [5, 5.41) is 0. The molecular weight excluding hydrogens is 245 g/mol. The Hall–Kier alpha value is 1.04. The van der Waals surface area contributed by atoms with Gasteiger partial charge < -0.3 is 4.90 Å². The Morgan fingerprint density at radius 3 is 2.56 bits per heavy atom. The quantitative estimate of drug-likeness (QED) is 0.544.